The second-order valence-corrected chi connectivity index (χ2v) is 3.33. The van der Waals surface area contributed by atoms with Crippen LogP contribution in [0.1, 0.15) is 33.1 Å². The molecule has 15 heavy (non-hydrogen) atoms. The van der Waals surface area contributed by atoms with E-state index < -0.39 is 7.25 Å². The van der Waals surface area contributed by atoms with Gasteiger partial charge in [0.25, 0.3) is 0 Å². The molecule has 1 rings (SSSR count). The molecule has 0 spiro atoms. The van der Waals surface area contributed by atoms with Crippen LogP contribution in [0, 0.1) is 0 Å². The molecule has 1 saturated heterocycles. The number of hydrogen-bond donors (Lipinski definition) is 1. The molecule has 0 aromatic rings. The van der Waals surface area contributed by atoms with Crippen LogP contribution in [0.4, 0.5) is 17.3 Å². The first-order valence-corrected chi connectivity index (χ1v) is 4.99. The minimum Gasteiger partial charge on any atom is -0.418 e. The van der Waals surface area contributed by atoms with E-state index in [0.717, 1.165) is 6.04 Å². The summed E-state index contributed by atoms with van der Waals surface area (Å²) in [6, 6.07) is 0.912. The van der Waals surface area contributed by atoms with Crippen LogP contribution in [0.15, 0.2) is 0 Å². The fraction of sp³-hybridized carbons (Fsp3) is 1.00. The van der Waals surface area contributed by atoms with Crippen molar-refractivity contribution in [1.29, 1.82) is 0 Å². The monoisotopic (exact) mass is 232 g/mol. The highest BCUT2D eigenvalue weighted by atomic mass is 19.5. The summed E-state index contributed by atoms with van der Waals surface area (Å²) in [6.45, 7) is 7.14. The van der Waals surface area contributed by atoms with Gasteiger partial charge < -0.3 is 28.3 Å². The van der Waals surface area contributed by atoms with E-state index in [2.05, 4.69) is 18.7 Å². The van der Waals surface area contributed by atoms with Crippen LogP contribution in [0.2, 0.25) is 0 Å². The van der Waals surface area contributed by atoms with E-state index in [1.165, 1.54) is 32.4 Å². The highest BCUT2D eigenvalue weighted by Gasteiger charge is 2.20. The van der Waals surface area contributed by atoms with Crippen LogP contribution in [0.3, 0.4) is 0 Å². The first kappa shape index (κ1) is 17.1. The molecule has 1 fully saturated rings. The van der Waals surface area contributed by atoms with Crippen molar-refractivity contribution < 1.29 is 17.3 Å². The zero-order valence-electron chi connectivity index (χ0n) is 9.65. The van der Waals surface area contributed by atoms with Gasteiger partial charge in [0.15, 0.2) is 0 Å². The zero-order valence-corrected chi connectivity index (χ0v) is 9.65. The van der Waals surface area contributed by atoms with E-state index in [-0.39, 0.29) is 6.15 Å². The highest BCUT2D eigenvalue weighted by Crippen LogP contribution is 2.18. The van der Waals surface area contributed by atoms with Gasteiger partial charge in [0, 0.05) is 6.04 Å². The van der Waals surface area contributed by atoms with Gasteiger partial charge >= 0.3 is 7.25 Å². The van der Waals surface area contributed by atoms with Crippen LogP contribution in [0.5, 0.6) is 0 Å². The molecule has 1 aliphatic rings. The predicted molar refractivity (Wildman–Crippen MR) is 56.7 cm³/mol. The SMILES string of the molecule is CCC1CCCN1CC.F[B-](F)(F)F.[NH4+]. The second-order valence-electron chi connectivity index (χ2n) is 3.33. The topological polar surface area (TPSA) is 39.7 Å². The van der Waals surface area contributed by atoms with Crippen LogP contribution in [0.25, 0.3) is 0 Å². The summed E-state index contributed by atoms with van der Waals surface area (Å²) in [5.74, 6) is 0. The lowest BCUT2D eigenvalue weighted by atomic mass is 10.2. The predicted octanol–water partition coefficient (Wildman–Crippen LogP) is 3.56. The third kappa shape index (κ3) is 10.00. The summed E-state index contributed by atoms with van der Waals surface area (Å²) in [7, 11) is -6.00. The molecular weight excluding hydrogens is 211 g/mol. The van der Waals surface area contributed by atoms with Crippen LogP contribution >= 0.6 is 0 Å². The van der Waals surface area contributed by atoms with E-state index in [4.69, 9.17) is 0 Å². The molecule has 4 N–H and O–H groups in total. The van der Waals surface area contributed by atoms with Crippen LogP contribution < -0.4 is 6.15 Å². The summed E-state index contributed by atoms with van der Waals surface area (Å²) in [6.07, 6.45) is 4.20. The average molecular weight is 232 g/mol. The normalized spacial score (nSPS) is 21.6. The smallest absolute Gasteiger partial charge is 0.418 e. The van der Waals surface area contributed by atoms with Crippen molar-refractivity contribution in [1.82, 2.24) is 11.1 Å². The number of halogens is 4. The van der Waals surface area contributed by atoms with Gasteiger partial charge in [-0.25, -0.2) is 0 Å². The molecule has 0 radical (unpaired) electrons. The number of hydrogen-bond acceptors (Lipinski definition) is 1. The van der Waals surface area contributed by atoms with Crippen molar-refractivity contribution in [2.45, 2.75) is 39.2 Å². The Morgan fingerprint density at radius 3 is 1.93 bits per heavy atom. The molecule has 1 heterocycles. The van der Waals surface area contributed by atoms with Crippen LogP contribution in [-0.4, -0.2) is 31.3 Å². The number of likely N-dealkylation sites (tertiary alicyclic amines) is 1. The lowest BCUT2D eigenvalue weighted by molar-refractivity contribution is 0.262. The minimum absolute atomic E-state index is 0. The Balaban J connectivity index is 0. The van der Waals surface area contributed by atoms with Crippen molar-refractivity contribution in [3.63, 3.8) is 0 Å². The zero-order chi connectivity index (χ0) is 11.2. The van der Waals surface area contributed by atoms with Crippen molar-refractivity contribution in [2.24, 2.45) is 0 Å². The van der Waals surface area contributed by atoms with E-state index in [1.54, 1.807) is 0 Å². The summed E-state index contributed by atoms with van der Waals surface area (Å²) >= 11 is 0. The Hall–Kier alpha value is -0.295. The fourth-order valence-electron chi connectivity index (χ4n) is 1.77. The molecule has 1 aliphatic heterocycles. The van der Waals surface area contributed by atoms with Gasteiger partial charge in [-0.05, 0) is 32.4 Å². The van der Waals surface area contributed by atoms with Gasteiger partial charge in [0.2, 0.25) is 0 Å². The Morgan fingerprint density at radius 1 is 1.20 bits per heavy atom. The Morgan fingerprint density at radius 2 is 1.67 bits per heavy atom. The third-order valence-corrected chi connectivity index (χ3v) is 2.38. The Labute approximate surface area is 88.7 Å². The lowest BCUT2D eigenvalue weighted by Gasteiger charge is -2.20. The molecule has 0 aliphatic carbocycles. The molecule has 0 bridgehead atoms. The first-order valence-electron chi connectivity index (χ1n) is 4.99. The van der Waals surface area contributed by atoms with E-state index in [1.807, 2.05) is 0 Å². The first-order chi connectivity index (χ1) is 6.38. The van der Waals surface area contributed by atoms with E-state index in [0.29, 0.717) is 0 Å². The maximum Gasteiger partial charge on any atom is 0.673 e. The molecule has 0 saturated carbocycles. The van der Waals surface area contributed by atoms with Crippen molar-refractivity contribution in [3.05, 3.63) is 0 Å². The standard InChI is InChI=1S/C8H17N.BF4.H3N/c1-3-8-6-5-7-9(8)4-2;2-1(3,4)5;/h8H,3-7H2,1-2H3;;1H3/q;-1;/p+1. The summed E-state index contributed by atoms with van der Waals surface area (Å²) in [5.41, 5.74) is 0. The summed E-state index contributed by atoms with van der Waals surface area (Å²) in [4.78, 5) is 2.58. The Kier molecular flexibility index (Phi) is 9.04. The van der Waals surface area contributed by atoms with Crippen molar-refractivity contribution >= 4 is 7.25 Å². The highest BCUT2D eigenvalue weighted by molar-refractivity contribution is 6.50. The van der Waals surface area contributed by atoms with Gasteiger partial charge in [0.05, 0.1) is 0 Å². The molecule has 1 unspecified atom stereocenters. The van der Waals surface area contributed by atoms with E-state index in [9.17, 15) is 17.3 Å². The average Bonchev–Trinajstić information content (AvgIpc) is 2.47. The largest absolute Gasteiger partial charge is 0.673 e. The van der Waals surface area contributed by atoms with Gasteiger partial charge in [-0.15, -0.1) is 0 Å². The lowest BCUT2D eigenvalue weighted by Crippen LogP contribution is -2.28. The summed E-state index contributed by atoms with van der Waals surface area (Å²) in [5, 5.41) is 0. The number of quaternary nitrogens is 1. The van der Waals surface area contributed by atoms with Gasteiger partial charge in [-0.2, -0.15) is 0 Å². The third-order valence-electron chi connectivity index (χ3n) is 2.38. The molecule has 94 valence electrons. The molecule has 7 heteroatoms. The molecule has 0 aromatic carbocycles. The van der Waals surface area contributed by atoms with Crippen molar-refractivity contribution in [3.8, 4) is 0 Å². The minimum atomic E-state index is -6.00. The molecule has 0 amide bonds. The van der Waals surface area contributed by atoms with E-state index >= 15 is 0 Å². The van der Waals surface area contributed by atoms with Gasteiger partial charge in [-0.1, -0.05) is 13.8 Å². The van der Waals surface area contributed by atoms with Crippen molar-refractivity contribution in [2.75, 3.05) is 13.1 Å². The second kappa shape index (κ2) is 7.93. The number of rotatable bonds is 2. The fourth-order valence-corrected chi connectivity index (χ4v) is 1.77. The molecule has 1 atom stereocenters. The van der Waals surface area contributed by atoms with Crippen LogP contribution in [-0.2, 0) is 0 Å². The molecule has 0 aromatic heterocycles. The summed E-state index contributed by atoms with van der Waals surface area (Å²) < 4.78 is 39.0. The molecular formula is C8H21BF4N2. The molecule has 2 nitrogen and oxygen atoms in total. The van der Waals surface area contributed by atoms with Gasteiger partial charge in [-0.3, -0.25) is 0 Å². The quantitative estimate of drug-likeness (QED) is 0.573. The maximum atomic E-state index is 9.75. The van der Waals surface area contributed by atoms with Gasteiger partial charge in [0.1, 0.15) is 0 Å². The Bertz CT molecular complexity index is 138. The maximum absolute atomic E-state index is 9.75. The number of nitrogens with zero attached hydrogens (tertiary/aromatic N) is 1.